The van der Waals surface area contributed by atoms with E-state index in [1.54, 1.807) is 24.3 Å². The minimum Gasteiger partial charge on any atom is -0.486 e. The highest BCUT2D eigenvalue weighted by Crippen LogP contribution is 2.33. The quantitative estimate of drug-likeness (QED) is 0.518. The van der Waals surface area contributed by atoms with Crippen LogP contribution in [0, 0.1) is 0 Å². The van der Waals surface area contributed by atoms with E-state index in [2.05, 4.69) is 10.3 Å². The summed E-state index contributed by atoms with van der Waals surface area (Å²) in [6.07, 6.45) is 0. The fraction of sp³-hybridized carbons (Fsp3) is 0.333. The van der Waals surface area contributed by atoms with Crippen molar-refractivity contribution in [3.05, 3.63) is 36.4 Å². The average molecular weight is 492 g/mol. The summed E-state index contributed by atoms with van der Waals surface area (Å²) in [6, 6.07) is 9.78. The molecule has 174 valence electrons. The molecule has 0 atom stereocenters. The van der Waals surface area contributed by atoms with Crippen molar-refractivity contribution in [1.82, 2.24) is 9.29 Å². The Morgan fingerprint density at radius 1 is 1.03 bits per heavy atom. The van der Waals surface area contributed by atoms with Gasteiger partial charge in [0.15, 0.2) is 17.1 Å². The van der Waals surface area contributed by atoms with Gasteiger partial charge >= 0.3 is 0 Å². The SMILES string of the molecule is O=C(CSc1nc2cc(S(=O)(=O)N3CCOCC3)ccc2o1)Nc1ccc2c(c1)OCCO2. The molecule has 0 spiro atoms. The van der Waals surface area contributed by atoms with E-state index in [1.165, 1.54) is 16.4 Å². The molecule has 3 aromatic rings. The van der Waals surface area contributed by atoms with E-state index < -0.39 is 10.0 Å². The van der Waals surface area contributed by atoms with Gasteiger partial charge in [0.25, 0.3) is 5.22 Å². The number of nitrogens with zero attached hydrogens (tertiary/aromatic N) is 2. The summed E-state index contributed by atoms with van der Waals surface area (Å²) >= 11 is 1.12. The van der Waals surface area contributed by atoms with E-state index in [4.69, 9.17) is 18.6 Å². The number of hydrogen-bond acceptors (Lipinski definition) is 9. The van der Waals surface area contributed by atoms with Crippen LogP contribution >= 0.6 is 11.8 Å². The lowest BCUT2D eigenvalue weighted by Crippen LogP contribution is -2.40. The molecule has 0 radical (unpaired) electrons. The number of morpholine rings is 1. The molecule has 0 saturated carbocycles. The Hall–Kier alpha value is -2.80. The molecule has 5 rings (SSSR count). The van der Waals surface area contributed by atoms with Crippen LogP contribution in [0.4, 0.5) is 5.69 Å². The molecule has 1 N–H and O–H groups in total. The van der Waals surface area contributed by atoms with E-state index in [0.29, 0.717) is 67.8 Å². The average Bonchev–Trinajstić information content (AvgIpc) is 3.25. The first-order valence-electron chi connectivity index (χ1n) is 10.3. The van der Waals surface area contributed by atoms with Gasteiger partial charge in [0.05, 0.1) is 23.9 Å². The predicted octanol–water partition coefficient (Wildman–Crippen LogP) is 2.35. The molecule has 2 aromatic carbocycles. The van der Waals surface area contributed by atoms with Gasteiger partial charge < -0.3 is 23.9 Å². The van der Waals surface area contributed by atoms with Crippen molar-refractivity contribution in [2.24, 2.45) is 0 Å². The zero-order valence-electron chi connectivity index (χ0n) is 17.5. The lowest BCUT2D eigenvalue weighted by molar-refractivity contribution is -0.113. The number of fused-ring (bicyclic) bond motifs is 2. The molecule has 2 aliphatic heterocycles. The fourth-order valence-corrected chi connectivity index (χ4v) is 5.56. The molecular weight excluding hydrogens is 470 g/mol. The van der Waals surface area contributed by atoms with Gasteiger partial charge in [-0.3, -0.25) is 4.79 Å². The van der Waals surface area contributed by atoms with E-state index >= 15 is 0 Å². The minimum atomic E-state index is -3.63. The monoisotopic (exact) mass is 491 g/mol. The first-order chi connectivity index (χ1) is 16.0. The Balaban J connectivity index is 1.23. The number of aromatic nitrogens is 1. The molecule has 1 amide bonds. The molecule has 10 nitrogen and oxygen atoms in total. The Bertz CT molecular complexity index is 1290. The number of rotatable bonds is 6. The van der Waals surface area contributed by atoms with E-state index in [9.17, 15) is 13.2 Å². The first kappa shape index (κ1) is 22.0. The van der Waals surface area contributed by atoms with Gasteiger partial charge in [0.2, 0.25) is 15.9 Å². The summed E-state index contributed by atoms with van der Waals surface area (Å²) < 4.78 is 49.0. The zero-order chi connectivity index (χ0) is 22.8. The van der Waals surface area contributed by atoms with Gasteiger partial charge in [-0.25, -0.2) is 13.4 Å². The molecule has 0 unspecified atom stereocenters. The summed E-state index contributed by atoms with van der Waals surface area (Å²) in [7, 11) is -3.63. The molecule has 0 bridgehead atoms. The Kier molecular flexibility index (Phi) is 6.15. The standard InChI is InChI=1S/C21H21N3O7S2/c25-20(22-14-1-3-18-19(11-14)30-10-9-29-18)13-32-21-23-16-12-15(2-4-17(16)31-21)33(26,27)24-5-7-28-8-6-24/h1-4,11-12H,5-10,13H2,(H,22,25). The summed E-state index contributed by atoms with van der Waals surface area (Å²) in [4.78, 5) is 16.9. The fourth-order valence-electron chi connectivity index (χ4n) is 3.49. The van der Waals surface area contributed by atoms with Crippen molar-refractivity contribution >= 4 is 44.5 Å². The Morgan fingerprint density at radius 3 is 2.64 bits per heavy atom. The molecular formula is C21H21N3O7S2. The zero-order valence-corrected chi connectivity index (χ0v) is 19.1. The van der Waals surface area contributed by atoms with Gasteiger partial charge in [0, 0.05) is 24.8 Å². The second-order valence-corrected chi connectivity index (χ2v) is 10.2. The molecule has 3 heterocycles. The smallest absolute Gasteiger partial charge is 0.257 e. The molecule has 33 heavy (non-hydrogen) atoms. The largest absolute Gasteiger partial charge is 0.486 e. The van der Waals surface area contributed by atoms with Crippen LogP contribution < -0.4 is 14.8 Å². The summed E-state index contributed by atoms with van der Waals surface area (Å²) in [5.41, 5.74) is 1.46. The number of hydrogen-bond donors (Lipinski definition) is 1. The number of amides is 1. The Labute approximate surface area is 194 Å². The lowest BCUT2D eigenvalue weighted by Gasteiger charge is -2.25. The molecule has 1 fully saturated rings. The number of carbonyl (C=O) groups excluding carboxylic acids is 1. The number of oxazole rings is 1. The van der Waals surface area contributed by atoms with Gasteiger partial charge in [-0.15, -0.1) is 0 Å². The molecule has 12 heteroatoms. The van der Waals surface area contributed by atoms with E-state index in [-0.39, 0.29) is 21.8 Å². The number of nitrogens with one attached hydrogen (secondary N) is 1. The highest BCUT2D eigenvalue weighted by molar-refractivity contribution is 7.99. The maximum atomic E-state index is 12.9. The minimum absolute atomic E-state index is 0.0696. The normalized spacial score (nSPS) is 16.6. The van der Waals surface area contributed by atoms with Crippen LogP contribution in [-0.2, 0) is 19.6 Å². The van der Waals surface area contributed by atoms with Crippen molar-refractivity contribution < 1.29 is 31.8 Å². The third kappa shape index (κ3) is 4.78. The number of carbonyl (C=O) groups is 1. The van der Waals surface area contributed by atoms with E-state index in [1.807, 2.05) is 0 Å². The van der Waals surface area contributed by atoms with Crippen LogP contribution in [0.2, 0.25) is 0 Å². The van der Waals surface area contributed by atoms with Crippen LogP contribution in [0.3, 0.4) is 0 Å². The topological polar surface area (TPSA) is 120 Å². The van der Waals surface area contributed by atoms with Crippen molar-refractivity contribution in [2.75, 3.05) is 50.6 Å². The Morgan fingerprint density at radius 2 is 1.82 bits per heavy atom. The third-order valence-corrected chi connectivity index (χ3v) is 7.82. The third-order valence-electron chi connectivity index (χ3n) is 5.10. The molecule has 1 saturated heterocycles. The maximum Gasteiger partial charge on any atom is 0.257 e. The van der Waals surface area contributed by atoms with Crippen molar-refractivity contribution in [3.63, 3.8) is 0 Å². The van der Waals surface area contributed by atoms with E-state index in [0.717, 1.165) is 11.8 Å². The first-order valence-corrected chi connectivity index (χ1v) is 12.7. The van der Waals surface area contributed by atoms with Crippen LogP contribution in [0.1, 0.15) is 0 Å². The number of sulfonamides is 1. The van der Waals surface area contributed by atoms with Gasteiger partial charge in [0.1, 0.15) is 18.7 Å². The van der Waals surface area contributed by atoms with Crippen LogP contribution in [0.5, 0.6) is 11.5 Å². The van der Waals surface area contributed by atoms with Gasteiger partial charge in [-0.05, 0) is 30.3 Å². The van der Waals surface area contributed by atoms with Crippen molar-refractivity contribution in [1.29, 1.82) is 0 Å². The summed E-state index contributed by atoms with van der Waals surface area (Å²) in [5, 5.41) is 3.08. The van der Waals surface area contributed by atoms with Gasteiger partial charge in [-0.2, -0.15) is 4.31 Å². The lowest BCUT2D eigenvalue weighted by atomic mass is 10.2. The molecule has 1 aromatic heterocycles. The van der Waals surface area contributed by atoms with Crippen molar-refractivity contribution in [2.45, 2.75) is 10.1 Å². The molecule has 2 aliphatic rings. The number of anilines is 1. The maximum absolute atomic E-state index is 12.9. The van der Waals surface area contributed by atoms with Crippen LogP contribution in [0.15, 0.2) is 50.9 Å². The number of benzene rings is 2. The number of thioether (sulfide) groups is 1. The van der Waals surface area contributed by atoms with Crippen LogP contribution in [-0.4, -0.2) is 68.9 Å². The van der Waals surface area contributed by atoms with Crippen molar-refractivity contribution in [3.8, 4) is 11.5 Å². The highest BCUT2D eigenvalue weighted by atomic mass is 32.2. The van der Waals surface area contributed by atoms with Gasteiger partial charge in [-0.1, -0.05) is 11.8 Å². The number of ether oxygens (including phenoxy) is 3. The van der Waals surface area contributed by atoms with Crippen LogP contribution in [0.25, 0.3) is 11.1 Å². The molecule has 0 aliphatic carbocycles. The highest BCUT2D eigenvalue weighted by Gasteiger charge is 2.27. The second kappa shape index (κ2) is 9.21. The predicted molar refractivity (Wildman–Crippen MR) is 120 cm³/mol. The second-order valence-electron chi connectivity index (χ2n) is 7.32. The summed E-state index contributed by atoms with van der Waals surface area (Å²) in [6.45, 7) is 2.35. The summed E-state index contributed by atoms with van der Waals surface area (Å²) in [5.74, 6) is 1.07.